The van der Waals surface area contributed by atoms with E-state index in [-0.39, 0.29) is 0 Å². The van der Waals surface area contributed by atoms with Gasteiger partial charge in [0.2, 0.25) is 0 Å². The predicted molar refractivity (Wildman–Crippen MR) is 46.9 cm³/mol. The Hall–Kier alpha value is -0.830. The molecule has 1 aromatic rings. The molecule has 1 heterocycles. The molecule has 0 amide bonds. The second kappa shape index (κ2) is 7.80. The van der Waals surface area contributed by atoms with Crippen LogP contribution in [0.3, 0.4) is 0 Å². The SMILES string of the molecule is CC[n+]1ccccc1.CO[P+](=O)[O-]. The third-order valence-electron chi connectivity index (χ3n) is 1.29. The minimum Gasteiger partial charge on any atom is -0.566 e. The zero-order chi connectivity index (χ0) is 10.1. The fourth-order valence-electron chi connectivity index (χ4n) is 0.645. The van der Waals surface area contributed by atoms with Crippen LogP contribution in [-0.4, -0.2) is 7.11 Å². The highest BCUT2D eigenvalue weighted by Gasteiger charge is 1.86. The molecule has 0 N–H and O–H groups in total. The average molecular weight is 202 g/mol. The van der Waals surface area contributed by atoms with E-state index in [1.165, 1.54) is 0 Å². The summed E-state index contributed by atoms with van der Waals surface area (Å²) in [5, 5.41) is 0. The molecule has 72 valence electrons. The smallest absolute Gasteiger partial charge is 0.488 e. The Morgan fingerprint density at radius 2 is 1.85 bits per heavy atom. The van der Waals surface area contributed by atoms with Gasteiger partial charge in [0.1, 0.15) is 6.54 Å². The number of hydrogen-bond donors (Lipinski definition) is 0. The quantitative estimate of drug-likeness (QED) is 0.522. The first kappa shape index (κ1) is 12.2. The normalized spacial score (nSPS) is 9.92. The first-order valence-corrected chi connectivity index (χ1v) is 4.92. The summed E-state index contributed by atoms with van der Waals surface area (Å²) in [4.78, 5) is 9.18. The lowest BCUT2D eigenvalue weighted by molar-refractivity contribution is -0.693. The van der Waals surface area contributed by atoms with E-state index in [0.29, 0.717) is 0 Å². The summed E-state index contributed by atoms with van der Waals surface area (Å²) in [5.41, 5.74) is 0. The molecule has 1 aromatic heterocycles. The molecule has 13 heavy (non-hydrogen) atoms. The Bertz CT molecular complexity index is 240. The molecule has 4 nitrogen and oxygen atoms in total. The predicted octanol–water partition coefficient (Wildman–Crippen LogP) is 0.644. The molecule has 0 aliphatic rings. The zero-order valence-corrected chi connectivity index (χ0v) is 8.61. The minimum absolute atomic E-state index is 1.06. The lowest BCUT2D eigenvalue weighted by Crippen LogP contribution is -2.30. The van der Waals surface area contributed by atoms with Crippen molar-refractivity contribution < 1.29 is 18.5 Å². The van der Waals surface area contributed by atoms with Crippen molar-refractivity contribution in [1.82, 2.24) is 0 Å². The van der Waals surface area contributed by atoms with Crippen molar-refractivity contribution in [1.29, 1.82) is 0 Å². The second-order valence-corrected chi connectivity index (χ2v) is 2.92. The number of rotatable bonds is 2. The van der Waals surface area contributed by atoms with E-state index in [2.05, 4.69) is 28.4 Å². The molecule has 0 saturated carbocycles. The van der Waals surface area contributed by atoms with Crippen molar-refractivity contribution in [2.24, 2.45) is 0 Å². The Morgan fingerprint density at radius 3 is 2.08 bits per heavy atom. The number of aromatic nitrogens is 1. The van der Waals surface area contributed by atoms with Gasteiger partial charge in [0.25, 0.3) is 0 Å². The van der Waals surface area contributed by atoms with Crippen LogP contribution in [0.2, 0.25) is 0 Å². The van der Waals surface area contributed by atoms with Crippen LogP contribution in [0.15, 0.2) is 30.6 Å². The highest BCUT2D eigenvalue weighted by atomic mass is 31.1. The molecule has 0 saturated heterocycles. The van der Waals surface area contributed by atoms with Gasteiger partial charge in [-0.3, -0.25) is 0 Å². The van der Waals surface area contributed by atoms with Gasteiger partial charge in [-0.2, -0.15) is 4.52 Å². The van der Waals surface area contributed by atoms with E-state index in [0.717, 1.165) is 13.7 Å². The molecule has 1 rings (SSSR count). The van der Waals surface area contributed by atoms with Crippen LogP contribution >= 0.6 is 8.25 Å². The van der Waals surface area contributed by atoms with Crippen LogP contribution in [0.25, 0.3) is 0 Å². The fraction of sp³-hybridized carbons (Fsp3) is 0.375. The van der Waals surface area contributed by atoms with Gasteiger partial charge in [0.05, 0.1) is 7.11 Å². The van der Waals surface area contributed by atoms with Crippen LogP contribution in [0, 0.1) is 0 Å². The molecule has 5 heteroatoms. The lowest BCUT2D eigenvalue weighted by Gasteiger charge is -1.84. The maximum Gasteiger partial charge on any atom is 0.488 e. The maximum absolute atomic E-state index is 9.18. The van der Waals surface area contributed by atoms with E-state index in [9.17, 15) is 9.46 Å². The summed E-state index contributed by atoms with van der Waals surface area (Å²) >= 11 is 0. The Labute approximate surface area is 78.7 Å². The molecule has 0 aliphatic heterocycles. The molecular formula is C8H13NO3P+. The second-order valence-electron chi connectivity index (χ2n) is 2.11. The van der Waals surface area contributed by atoms with Gasteiger partial charge in [0.15, 0.2) is 12.4 Å². The Morgan fingerprint density at radius 1 is 1.38 bits per heavy atom. The first-order valence-electron chi connectivity index (χ1n) is 3.83. The number of nitrogens with zero attached hydrogens (tertiary/aromatic N) is 1. The van der Waals surface area contributed by atoms with Gasteiger partial charge in [-0.05, 0) is 11.5 Å². The van der Waals surface area contributed by atoms with Crippen molar-refractivity contribution >= 4 is 8.25 Å². The Kier molecular flexibility index (Phi) is 7.30. The first-order chi connectivity index (χ1) is 6.20. The van der Waals surface area contributed by atoms with E-state index < -0.39 is 8.25 Å². The lowest BCUT2D eigenvalue weighted by atomic mass is 10.5. The van der Waals surface area contributed by atoms with Gasteiger partial charge in [-0.1, -0.05) is 6.07 Å². The molecule has 0 aromatic carbocycles. The summed E-state index contributed by atoms with van der Waals surface area (Å²) < 4.78 is 15.0. The highest BCUT2D eigenvalue weighted by molar-refractivity contribution is 7.30. The standard InChI is InChI=1S/C7H10N.CH3O3P/c1-2-8-6-4-3-5-7-8;1-4-5(2)3/h3-7H,2H2,1H3;1H3/q+1;. The van der Waals surface area contributed by atoms with Crippen molar-refractivity contribution in [3.63, 3.8) is 0 Å². The van der Waals surface area contributed by atoms with Crippen LogP contribution < -0.4 is 9.46 Å². The molecule has 0 spiro atoms. The molecular weight excluding hydrogens is 189 g/mol. The van der Waals surface area contributed by atoms with Gasteiger partial charge in [-0.25, -0.2) is 4.57 Å². The van der Waals surface area contributed by atoms with E-state index in [4.69, 9.17) is 0 Å². The summed E-state index contributed by atoms with van der Waals surface area (Å²) in [5.74, 6) is 0. The largest absolute Gasteiger partial charge is 0.566 e. The summed E-state index contributed by atoms with van der Waals surface area (Å²) in [6, 6.07) is 6.08. The molecule has 0 aliphatic carbocycles. The van der Waals surface area contributed by atoms with Crippen molar-refractivity contribution in [3.05, 3.63) is 30.6 Å². The van der Waals surface area contributed by atoms with Gasteiger partial charge >= 0.3 is 8.25 Å². The molecule has 0 bridgehead atoms. The van der Waals surface area contributed by atoms with Crippen LogP contribution in [0.4, 0.5) is 0 Å². The Balaban J connectivity index is 0.000000252. The molecule has 0 fully saturated rings. The third-order valence-corrected chi connectivity index (χ3v) is 1.59. The summed E-state index contributed by atoms with van der Waals surface area (Å²) in [6.07, 6.45) is 4.11. The highest BCUT2D eigenvalue weighted by Crippen LogP contribution is 2.02. The van der Waals surface area contributed by atoms with E-state index in [1.807, 2.05) is 18.2 Å². The van der Waals surface area contributed by atoms with E-state index >= 15 is 0 Å². The van der Waals surface area contributed by atoms with Gasteiger partial charge < -0.3 is 4.89 Å². The van der Waals surface area contributed by atoms with E-state index in [1.54, 1.807) is 0 Å². The van der Waals surface area contributed by atoms with Crippen LogP contribution in [-0.2, 0) is 15.6 Å². The molecule has 1 unspecified atom stereocenters. The summed E-state index contributed by atoms with van der Waals surface area (Å²) in [6.45, 7) is 3.18. The number of pyridine rings is 1. The zero-order valence-electron chi connectivity index (χ0n) is 7.71. The van der Waals surface area contributed by atoms with Crippen LogP contribution in [0.1, 0.15) is 6.92 Å². The monoisotopic (exact) mass is 202 g/mol. The number of hydrogen-bond acceptors (Lipinski definition) is 3. The van der Waals surface area contributed by atoms with Crippen molar-refractivity contribution in [2.45, 2.75) is 13.5 Å². The average Bonchev–Trinajstić information content (AvgIpc) is 2.20. The van der Waals surface area contributed by atoms with Gasteiger partial charge in [0, 0.05) is 12.1 Å². The molecule has 0 radical (unpaired) electrons. The molecule has 1 atom stereocenters. The summed E-state index contributed by atoms with van der Waals surface area (Å²) in [7, 11) is -1.50. The van der Waals surface area contributed by atoms with Crippen molar-refractivity contribution in [2.75, 3.05) is 7.11 Å². The maximum atomic E-state index is 9.18. The number of aryl methyl sites for hydroxylation is 1. The minimum atomic E-state index is -2.60. The van der Waals surface area contributed by atoms with Gasteiger partial charge in [-0.15, -0.1) is 0 Å². The topological polar surface area (TPSA) is 53.2 Å². The van der Waals surface area contributed by atoms with Crippen molar-refractivity contribution in [3.8, 4) is 0 Å². The third kappa shape index (κ3) is 7.53. The van der Waals surface area contributed by atoms with Crippen LogP contribution in [0.5, 0.6) is 0 Å². The fourth-order valence-corrected chi connectivity index (χ4v) is 0.645.